The lowest BCUT2D eigenvalue weighted by molar-refractivity contribution is -0.125. The molecule has 1 heterocycles. The van der Waals surface area contributed by atoms with E-state index in [1.54, 1.807) is 0 Å². The largest absolute Gasteiger partial charge is 0.309 e. The van der Waals surface area contributed by atoms with Gasteiger partial charge in [-0.25, -0.2) is 0 Å². The van der Waals surface area contributed by atoms with E-state index >= 15 is 0 Å². The molecule has 2 fully saturated rings. The van der Waals surface area contributed by atoms with Gasteiger partial charge in [0.15, 0.2) is 5.78 Å². The first-order valence-electron chi connectivity index (χ1n) is 5.11. The van der Waals surface area contributed by atoms with Gasteiger partial charge >= 0.3 is 0 Å². The fraction of sp³-hybridized carbons (Fsp3) is 0.900. The summed E-state index contributed by atoms with van der Waals surface area (Å²) in [6, 6.07) is 0.529. The second-order valence-corrected chi connectivity index (χ2v) is 5.03. The van der Waals surface area contributed by atoms with Gasteiger partial charge in [-0.15, -0.1) is 11.6 Å². The first-order valence-corrected chi connectivity index (χ1v) is 5.49. The lowest BCUT2D eigenvalue weighted by atomic mass is 9.76. The maximum absolute atomic E-state index is 11.8. The van der Waals surface area contributed by atoms with Crippen LogP contribution < -0.4 is 5.32 Å². The van der Waals surface area contributed by atoms with Gasteiger partial charge in [0, 0.05) is 18.5 Å². The van der Waals surface area contributed by atoms with Crippen LogP contribution in [0.1, 0.15) is 39.0 Å². The SMILES string of the molecule is C[C@@H]1CC(=O)[C@]2(Cl)CCCC[C@@H]2N1. The van der Waals surface area contributed by atoms with E-state index in [-0.39, 0.29) is 11.8 Å². The highest BCUT2D eigenvalue weighted by Crippen LogP contribution is 2.39. The van der Waals surface area contributed by atoms with Gasteiger partial charge in [0.2, 0.25) is 0 Å². The minimum absolute atomic E-state index is 0.221. The van der Waals surface area contributed by atoms with Crippen LogP contribution in [0.3, 0.4) is 0 Å². The number of hydrogen-bond donors (Lipinski definition) is 1. The van der Waals surface area contributed by atoms with Gasteiger partial charge in [-0.1, -0.05) is 12.8 Å². The topological polar surface area (TPSA) is 29.1 Å². The Morgan fingerprint density at radius 1 is 1.54 bits per heavy atom. The van der Waals surface area contributed by atoms with Crippen LogP contribution in [-0.2, 0) is 4.79 Å². The Kier molecular flexibility index (Phi) is 2.37. The average molecular weight is 202 g/mol. The first-order chi connectivity index (χ1) is 6.13. The Balaban J connectivity index is 2.20. The molecule has 0 aromatic heterocycles. The quantitative estimate of drug-likeness (QED) is 0.607. The van der Waals surface area contributed by atoms with E-state index in [9.17, 15) is 4.79 Å². The predicted octanol–water partition coefficient (Wildman–Crippen LogP) is 1.86. The van der Waals surface area contributed by atoms with Crippen LogP contribution in [0, 0.1) is 0 Å². The monoisotopic (exact) mass is 201 g/mol. The van der Waals surface area contributed by atoms with Crippen LogP contribution in [0.4, 0.5) is 0 Å². The van der Waals surface area contributed by atoms with Crippen molar-refractivity contribution < 1.29 is 4.79 Å². The third-order valence-electron chi connectivity index (χ3n) is 3.28. The van der Waals surface area contributed by atoms with Gasteiger partial charge in [-0.05, 0) is 19.8 Å². The molecule has 3 heteroatoms. The molecule has 0 unspecified atom stereocenters. The molecule has 1 aliphatic heterocycles. The van der Waals surface area contributed by atoms with Crippen LogP contribution in [-0.4, -0.2) is 22.7 Å². The molecule has 1 saturated heterocycles. The number of carbonyl (C=O) groups is 1. The summed E-state index contributed by atoms with van der Waals surface area (Å²) in [5, 5.41) is 3.44. The molecule has 0 amide bonds. The van der Waals surface area contributed by atoms with E-state index in [0.29, 0.717) is 12.5 Å². The highest BCUT2D eigenvalue weighted by atomic mass is 35.5. The molecule has 0 bridgehead atoms. The van der Waals surface area contributed by atoms with E-state index < -0.39 is 4.87 Å². The second-order valence-electron chi connectivity index (χ2n) is 4.36. The maximum atomic E-state index is 11.8. The number of alkyl halides is 1. The molecule has 0 radical (unpaired) electrons. The van der Waals surface area contributed by atoms with Crippen LogP contribution in [0.5, 0.6) is 0 Å². The summed E-state index contributed by atoms with van der Waals surface area (Å²) >= 11 is 6.38. The molecule has 2 nitrogen and oxygen atoms in total. The summed E-state index contributed by atoms with van der Waals surface area (Å²) in [7, 11) is 0. The van der Waals surface area contributed by atoms with E-state index in [2.05, 4.69) is 12.2 Å². The van der Waals surface area contributed by atoms with Gasteiger partial charge in [0.05, 0.1) is 0 Å². The predicted molar refractivity (Wildman–Crippen MR) is 53.1 cm³/mol. The number of carbonyl (C=O) groups excluding carboxylic acids is 1. The molecule has 1 saturated carbocycles. The summed E-state index contributed by atoms with van der Waals surface area (Å²) in [5.74, 6) is 0.255. The minimum Gasteiger partial charge on any atom is -0.309 e. The van der Waals surface area contributed by atoms with Crippen LogP contribution in [0.2, 0.25) is 0 Å². The average Bonchev–Trinajstić information content (AvgIpc) is 2.07. The first kappa shape index (κ1) is 9.47. The number of rotatable bonds is 0. The van der Waals surface area contributed by atoms with Crippen molar-refractivity contribution in [2.24, 2.45) is 0 Å². The van der Waals surface area contributed by atoms with Gasteiger partial charge < -0.3 is 5.32 Å². The fourth-order valence-corrected chi connectivity index (χ4v) is 2.92. The van der Waals surface area contributed by atoms with Gasteiger partial charge in [-0.2, -0.15) is 0 Å². The van der Waals surface area contributed by atoms with Crippen molar-refractivity contribution in [3.63, 3.8) is 0 Å². The number of Topliss-reactive ketones (excluding diaryl/α,β-unsaturated/α-hetero) is 1. The standard InChI is InChI=1S/C10H16ClNO/c1-7-6-9(13)10(11)5-3-2-4-8(10)12-7/h7-8,12H,2-6H2,1H3/t7-,8+,10+/m1/s1. The Bertz CT molecular complexity index is 231. The molecule has 74 valence electrons. The Hall–Kier alpha value is -0.0800. The zero-order chi connectivity index (χ0) is 9.47. The summed E-state index contributed by atoms with van der Waals surface area (Å²) < 4.78 is 0. The smallest absolute Gasteiger partial charge is 0.156 e. The molecule has 0 spiro atoms. The molecule has 3 atom stereocenters. The van der Waals surface area contributed by atoms with E-state index in [1.165, 1.54) is 6.42 Å². The molecule has 1 aliphatic carbocycles. The van der Waals surface area contributed by atoms with Gasteiger partial charge in [0.25, 0.3) is 0 Å². The minimum atomic E-state index is -0.565. The van der Waals surface area contributed by atoms with Crippen LogP contribution >= 0.6 is 11.6 Å². The number of halogens is 1. The second kappa shape index (κ2) is 3.25. The van der Waals surface area contributed by atoms with Crippen LogP contribution in [0.15, 0.2) is 0 Å². The molecule has 1 N–H and O–H groups in total. The van der Waals surface area contributed by atoms with Gasteiger partial charge in [0.1, 0.15) is 4.87 Å². The third kappa shape index (κ3) is 1.50. The van der Waals surface area contributed by atoms with Crippen molar-refractivity contribution in [2.45, 2.75) is 56.0 Å². The van der Waals surface area contributed by atoms with Crippen molar-refractivity contribution in [2.75, 3.05) is 0 Å². The zero-order valence-electron chi connectivity index (χ0n) is 7.98. The lowest BCUT2D eigenvalue weighted by Gasteiger charge is -2.44. The van der Waals surface area contributed by atoms with E-state index in [1.807, 2.05) is 0 Å². The Morgan fingerprint density at radius 2 is 2.31 bits per heavy atom. The number of piperidine rings is 1. The Labute approximate surface area is 84.0 Å². The van der Waals surface area contributed by atoms with E-state index in [4.69, 9.17) is 11.6 Å². The highest BCUT2D eigenvalue weighted by Gasteiger charge is 2.48. The normalized spacial score (nSPS) is 45.8. The zero-order valence-corrected chi connectivity index (χ0v) is 8.73. The van der Waals surface area contributed by atoms with Crippen molar-refractivity contribution >= 4 is 17.4 Å². The summed E-state index contributed by atoms with van der Waals surface area (Å²) in [6.07, 6.45) is 4.81. The highest BCUT2D eigenvalue weighted by molar-refractivity contribution is 6.36. The number of nitrogens with one attached hydrogen (secondary N) is 1. The van der Waals surface area contributed by atoms with Gasteiger partial charge in [-0.3, -0.25) is 4.79 Å². The molecule has 0 aromatic rings. The van der Waals surface area contributed by atoms with Crippen molar-refractivity contribution in [3.8, 4) is 0 Å². The molecule has 2 rings (SSSR count). The molecular formula is C10H16ClNO. The number of fused-ring (bicyclic) bond motifs is 1. The molecule has 2 aliphatic rings. The lowest BCUT2D eigenvalue weighted by Crippen LogP contribution is -2.61. The molecule has 13 heavy (non-hydrogen) atoms. The third-order valence-corrected chi connectivity index (χ3v) is 3.94. The maximum Gasteiger partial charge on any atom is 0.156 e. The molecule has 0 aromatic carbocycles. The van der Waals surface area contributed by atoms with E-state index in [0.717, 1.165) is 19.3 Å². The van der Waals surface area contributed by atoms with Crippen molar-refractivity contribution in [1.29, 1.82) is 0 Å². The Morgan fingerprint density at radius 3 is 3.08 bits per heavy atom. The number of hydrogen-bond acceptors (Lipinski definition) is 2. The van der Waals surface area contributed by atoms with Crippen molar-refractivity contribution in [3.05, 3.63) is 0 Å². The summed E-state index contributed by atoms with van der Waals surface area (Å²) in [4.78, 5) is 11.2. The fourth-order valence-electron chi connectivity index (χ4n) is 2.53. The molecular weight excluding hydrogens is 186 g/mol. The number of ketones is 1. The van der Waals surface area contributed by atoms with Crippen LogP contribution in [0.25, 0.3) is 0 Å². The summed E-state index contributed by atoms with van der Waals surface area (Å²) in [6.45, 7) is 2.06. The summed E-state index contributed by atoms with van der Waals surface area (Å²) in [5.41, 5.74) is 0. The van der Waals surface area contributed by atoms with Crippen molar-refractivity contribution in [1.82, 2.24) is 5.32 Å².